The third kappa shape index (κ3) is 3.40. The van der Waals surface area contributed by atoms with E-state index in [9.17, 15) is 4.79 Å². The Labute approximate surface area is 153 Å². The van der Waals surface area contributed by atoms with Crippen LogP contribution in [0.5, 0.6) is 17.2 Å². The zero-order valence-corrected chi connectivity index (χ0v) is 15.5. The Balaban J connectivity index is 1.86. The van der Waals surface area contributed by atoms with Gasteiger partial charge in [0.2, 0.25) is 0 Å². The van der Waals surface area contributed by atoms with Gasteiger partial charge in [-0.05, 0) is 55.7 Å². The third-order valence-corrected chi connectivity index (χ3v) is 4.67. The maximum atomic E-state index is 13.0. The van der Waals surface area contributed by atoms with Crippen LogP contribution >= 0.6 is 0 Å². The lowest BCUT2D eigenvalue weighted by molar-refractivity contribution is 0.254. The van der Waals surface area contributed by atoms with E-state index in [1.165, 1.54) is 0 Å². The van der Waals surface area contributed by atoms with E-state index in [1.807, 2.05) is 18.2 Å². The fraction of sp³-hybridized carbons (Fsp3) is 0.350. The standard InChI is InChI=1S/C20H24N2O4/c1-13-5-6-14-11-16(24-2)8-9-17(14)22(13)20(23)21-15-7-10-18(25-3)19(12-15)26-4/h7-13H,5-6H2,1-4H3,(H,21,23)/t13-/m1/s1. The van der Waals surface area contributed by atoms with Crippen LogP contribution in [0.2, 0.25) is 0 Å². The summed E-state index contributed by atoms with van der Waals surface area (Å²) < 4.78 is 15.8. The number of hydrogen-bond donors (Lipinski definition) is 1. The molecule has 3 rings (SSSR count). The molecule has 0 aliphatic carbocycles. The number of ether oxygens (including phenoxy) is 3. The Kier molecular flexibility index (Phi) is 5.21. The number of rotatable bonds is 4. The van der Waals surface area contributed by atoms with Crippen molar-refractivity contribution in [3.63, 3.8) is 0 Å². The quantitative estimate of drug-likeness (QED) is 0.896. The molecule has 6 nitrogen and oxygen atoms in total. The van der Waals surface area contributed by atoms with Crippen molar-refractivity contribution in [3.8, 4) is 17.2 Å². The molecule has 1 aliphatic rings. The average molecular weight is 356 g/mol. The number of methoxy groups -OCH3 is 3. The number of hydrogen-bond acceptors (Lipinski definition) is 4. The fourth-order valence-electron chi connectivity index (χ4n) is 3.26. The van der Waals surface area contributed by atoms with E-state index in [4.69, 9.17) is 14.2 Å². The van der Waals surface area contributed by atoms with Crippen molar-refractivity contribution in [2.45, 2.75) is 25.8 Å². The van der Waals surface area contributed by atoms with Gasteiger partial charge in [-0.2, -0.15) is 0 Å². The van der Waals surface area contributed by atoms with E-state index in [1.54, 1.807) is 44.4 Å². The number of urea groups is 1. The largest absolute Gasteiger partial charge is 0.497 e. The van der Waals surface area contributed by atoms with Crippen LogP contribution in [0, 0.1) is 0 Å². The Bertz CT molecular complexity index is 806. The molecule has 2 aromatic rings. The summed E-state index contributed by atoms with van der Waals surface area (Å²) in [6.07, 6.45) is 1.83. The molecule has 0 aromatic heterocycles. The highest BCUT2D eigenvalue weighted by Gasteiger charge is 2.28. The van der Waals surface area contributed by atoms with Gasteiger partial charge in [0.15, 0.2) is 11.5 Å². The van der Waals surface area contributed by atoms with Gasteiger partial charge >= 0.3 is 6.03 Å². The Morgan fingerprint density at radius 1 is 1.04 bits per heavy atom. The molecule has 0 spiro atoms. The van der Waals surface area contributed by atoms with Crippen LogP contribution in [0.3, 0.4) is 0 Å². The van der Waals surface area contributed by atoms with Gasteiger partial charge in [0.1, 0.15) is 5.75 Å². The first-order valence-corrected chi connectivity index (χ1v) is 8.56. The summed E-state index contributed by atoms with van der Waals surface area (Å²) >= 11 is 0. The number of fused-ring (bicyclic) bond motifs is 1. The van der Waals surface area contributed by atoms with Gasteiger partial charge in [-0.1, -0.05) is 0 Å². The second-order valence-corrected chi connectivity index (χ2v) is 6.25. The minimum absolute atomic E-state index is 0.107. The van der Waals surface area contributed by atoms with Crippen LogP contribution in [0.25, 0.3) is 0 Å². The molecular weight excluding hydrogens is 332 g/mol. The van der Waals surface area contributed by atoms with E-state index < -0.39 is 0 Å². The van der Waals surface area contributed by atoms with Gasteiger partial charge in [0, 0.05) is 23.5 Å². The van der Waals surface area contributed by atoms with Crippen molar-refractivity contribution in [2.24, 2.45) is 0 Å². The number of nitrogens with zero attached hydrogens (tertiary/aromatic N) is 1. The first-order valence-electron chi connectivity index (χ1n) is 8.56. The van der Waals surface area contributed by atoms with Crippen LogP contribution in [-0.2, 0) is 6.42 Å². The van der Waals surface area contributed by atoms with Crippen molar-refractivity contribution in [1.29, 1.82) is 0 Å². The van der Waals surface area contributed by atoms with Gasteiger partial charge in [-0.25, -0.2) is 4.79 Å². The molecule has 2 amide bonds. The molecule has 1 N–H and O–H groups in total. The zero-order valence-electron chi connectivity index (χ0n) is 15.5. The minimum Gasteiger partial charge on any atom is -0.497 e. The lowest BCUT2D eigenvalue weighted by atomic mass is 9.96. The molecule has 0 fully saturated rings. The van der Waals surface area contributed by atoms with Gasteiger partial charge in [0.25, 0.3) is 0 Å². The van der Waals surface area contributed by atoms with E-state index >= 15 is 0 Å². The number of carbonyl (C=O) groups excluding carboxylic acids is 1. The molecule has 0 bridgehead atoms. The lowest BCUT2D eigenvalue weighted by Crippen LogP contribution is -2.44. The summed E-state index contributed by atoms with van der Waals surface area (Å²) in [6.45, 7) is 2.06. The van der Waals surface area contributed by atoms with Gasteiger partial charge in [-0.15, -0.1) is 0 Å². The predicted molar refractivity (Wildman–Crippen MR) is 102 cm³/mol. The van der Waals surface area contributed by atoms with Crippen LogP contribution < -0.4 is 24.4 Å². The van der Waals surface area contributed by atoms with Gasteiger partial charge in [-0.3, -0.25) is 4.90 Å². The molecule has 1 aliphatic heterocycles. The maximum absolute atomic E-state index is 13.0. The summed E-state index contributed by atoms with van der Waals surface area (Å²) in [5.74, 6) is 2.00. The Hall–Kier alpha value is -2.89. The van der Waals surface area contributed by atoms with Gasteiger partial charge < -0.3 is 19.5 Å². The zero-order chi connectivity index (χ0) is 18.7. The molecule has 0 unspecified atom stereocenters. The monoisotopic (exact) mass is 356 g/mol. The third-order valence-electron chi connectivity index (χ3n) is 4.67. The van der Waals surface area contributed by atoms with Crippen molar-refractivity contribution in [2.75, 3.05) is 31.5 Å². The number of nitrogens with one attached hydrogen (secondary N) is 1. The van der Waals surface area contributed by atoms with Gasteiger partial charge in [0.05, 0.1) is 21.3 Å². The molecule has 0 radical (unpaired) electrons. The predicted octanol–water partition coefficient (Wildman–Crippen LogP) is 4.09. The number of anilines is 2. The fourth-order valence-corrected chi connectivity index (χ4v) is 3.26. The van der Waals surface area contributed by atoms with E-state index in [0.29, 0.717) is 17.2 Å². The molecule has 26 heavy (non-hydrogen) atoms. The maximum Gasteiger partial charge on any atom is 0.326 e. The second-order valence-electron chi connectivity index (χ2n) is 6.25. The van der Waals surface area contributed by atoms with Crippen LogP contribution in [0.15, 0.2) is 36.4 Å². The summed E-state index contributed by atoms with van der Waals surface area (Å²) in [5, 5.41) is 2.96. The van der Waals surface area contributed by atoms with E-state index in [-0.39, 0.29) is 12.1 Å². The van der Waals surface area contributed by atoms with Crippen LogP contribution in [-0.4, -0.2) is 33.4 Å². The highest BCUT2D eigenvalue weighted by atomic mass is 16.5. The number of amides is 2. The SMILES string of the molecule is COc1ccc2c(c1)CC[C@@H](C)N2C(=O)Nc1ccc(OC)c(OC)c1. The molecule has 0 saturated heterocycles. The lowest BCUT2D eigenvalue weighted by Gasteiger charge is -2.35. The summed E-state index contributed by atoms with van der Waals surface area (Å²) in [4.78, 5) is 14.8. The smallest absolute Gasteiger partial charge is 0.326 e. The Morgan fingerprint density at radius 2 is 1.81 bits per heavy atom. The van der Waals surface area contributed by atoms with Crippen molar-refractivity contribution in [3.05, 3.63) is 42.0 Å². The van der Waals surface area contributed by atoms with Crippen molar-refractivity contribution < 1.29 is 19.0 Å². The average Bonchev–Trinajstić information content (AvgIpc) is 2.67. The number of benzene rings is 2. The second kappa shape index (κ2) is 7.56. The molecule has 6 heteroatoms. The van der Waals surface area contributed by atoms with E-state index in [0.717, 1.165) is 29.8 Å². The molecule has 138 valence electrons. The molecule has 0 saturated carbocycles. The van der Waals surface area contributed by atoms with Crippen molar-refractivity contribution >= 4 is 17.4 Å². The first-order chi connectivity index (χ1) is 12.6. The normalized spacial score (nSPS) is 15.8. The molecule has 1 atom stereocenters. The number of aryl methyl sites for hydroxylation is 1. The summed E-state index contributed by atoms with van der Waals surface area (Å²) in [7, 11) is 4.80. The van der Waals surface area contributed by atoms with E-state index in [2.05, 4.69) is 12.2 Å². The van der Waals surface area contributed by atoms with Crippen molar-refractivity contribution in [1.82, 2.24) is 0 Å². The molecular formula is C20H24N2O4. The van der Waals surface area contributed by atoms with Crippen LogP contribution in [0.1, 0.15) is 18.9 Å². The topological polar surface area (TPSA) is 60.0 Å². The highest BCUT2D eigenvalue weighted by Crippen LogP contribution is 2.34. The minimum atomic E-state index is -0.171. The Morgan fingerprint density at radius 3 is 2.50 bits per heavy atom. The first kappa shape index (κ1) is 17.9. The summed E-state index contributed by atoms with van der Waals surface area (Å²) in [6, 6.07) is 11.1. The highest BCUT2D eigenvalue weighted by molar-refractivity contribution is 6.03. The molecule has 2 aromatic carbocycles. The molecule has 1 heterocycles. The van der Waals surface area contributed by atoms with Crippen LogP contribution in [0.4, 0.5) is 16.2 Å². The summed E-state index contributed by atoms with van der Waals surface area (Å²) in [5.41, 5.74) is 2.69. The number of carbonyl (C=O) groups is 1.